The predicted molar refractivity (Wildman–Crippen MR) is 118 cm³/mol. The lowest BCUT2D eigenvalue weighted by atomic mass is 10.1. The van der Waals surface area contributed by atoms with Gasteiger partial charge in [-0.25, -0.2) is 4.79 Å². The van der Waals surface area contributed by atoms with E-state index in [1.807, 2.05) is 18.2 Å². The van der Waals surface area contributed by atoms with Crippen molar-refractivity contribution in [3.05, 3.63) is 81.7 Å². The van der Waals surface area contributed by atoms with Gasteiger partial charge in [0.2, 0.25) is 0 Å². The van der Waals surface area contributed by atoms with E-state index < -0.39 is 5.97 Å². The second-order valence-electron chi connectivity index (χ2n) is 7.12. The molecule has 1 amide bonds. The van der Waals surface area contributed by atoms with Crippen molar-refractivity contribution in [1.29, 1.82) is 0 Å². The summed E-state index contributed by atoms with van der Waals surface area (Å²) in [5, 5.41) is 3.46. The average molecular weight is 422 g/mol. The molecule has 0 saturated carbocycles. The number of nitrogens with one attached hydrogen (secondary N) is 1. The van der Waals surface area contributed by atoms with Gasteiger partial charge >= 0.3 is 5.97 Å². The summed E-state index contributed by atoms with van der Waals surface area (Å²) in [6, 6.07) is 17.2. The number of carbonyl (C=O) groups excluding carboxylic acids is 2. The zero-order valence-electron chi connectivity index (χ0n) is 16.8. The Morgan fingerprint density at radius 2 is 1.80 bits per heavy atom. The minimum absolute atomic E-state index is 0.254. The quantitative estimate of drug-likeness (QED) is 0.551. The molecule has 30 heavy (non-hydrogen) atoms. The van der Waals surface area contributed by atoms with Gasteiger partial charge in [0.15, 0.2) is 0 Å². The molecule has 0 unspecified atom stereocenters. The van der Waals surface area contributed by atoms with Crippen molar-refractivity contribution >= 4 is 28.2 Å². The minimum Gasteiger partial charge on any atom is -0.493 e. The number of aryl methyl sites for hydroxylation is 1. The molecule has 1 aliphatic carbocycles. The summed E-state index contributed by atoms with van der Waals surface area (Å²) < 4.78 is 10.7. The highest BCUT2D eigenvalue weighted by molar-refractivity contribution is 7.17. The van der Waals surface area contributed by atoms with Gasteiger partial charge in [-0.1, -0.05) is 30.3 Å². The predicted octanol–water partition coefficient (Wildman–Crippen LogP) is 4.90. The first kappa shape index (κ1) is 20.2. The molecule has 5 nitrogen and oxygen atoms in total. The fourth-order valence-corrected chi connectivity index (χ4v) is 4.89. The maximum absolute atomic E-state index is 12.7. The van der Waals surface area contributed by atoms with Crippen LogP contribution in [0.1, 0.15) is 43.1 Å². The molecule has 0 aliphatic heterocycles. The number of benzene rings is 2. The Balaban J connectivity index is 1.39. The van der Waals surface area contributed by atoms with E-state index in [4.69, 9.17) is 9.47 Å². The Morgan fingerprint density at radius 3 is 2.53 bits per heavy atom. The van der Waals surface area contributed by atoms with E-state index in [0.29, 0.717) is 28.5 Å². The molecule has 1 heterocycles. The van der Waals surface area contributed by atoms with Gasteiger partial charge in [-0.05, 0) is 54.7 Å². The SMILES string of the molecule is COC(=O)c1c(NC(=O)c2ccc(OCCc3ccccc3)cc2)sc2c1CCC2. The Hall–Kier alpha value is -3.12. The molecule has 1 aliphatic rings. The van der Waals surface area contributed by atoms with E-state index in [2.05, 4.69) is 17.4 Å². The van der Waals surface area contributed by atoms with E-state index >= 15 is 0 Å². The molecule has 4 rings (SSSR count). The molecule has 3 aromatic rings. The largest absolute Gasteiger partial charge is 0.493 e. The van der Waals surface area contributed by atoms with Crippen LogP contribution in [0, 0.1) is 0 Å². The summed E-state index contributed by atoms with van der Waals surface area (Å²) >= 11 is 1.47. The third-order valence-corrected chi connectivity index (χ3v) is 6.36. The van der Waals surface area contributed by atoms with Crippen LogP contribution in [0.3, 0.4) is 0 Å². The Morgan fingerprint density at radius 1 is 1.03 bits per heavy atom. The number of ether oxygens (including phenoxy) is 2. The number of rotatable bonds is 7. The van der Waals surface area contributed by atoms with Gasteiger partial charge in [-0.2, -0.15) is 0 Å². The molecule has 0 spiro atoms. The van der Waals surface area contributed by atoms with Crippen molar-refractivity contribution in [3.63, 3.8) is 0 Å². The molecule has 6 heteroatoms. The van der Waals surface area contributed by atoms with Crippen LogP contribution in [-0.4, -0.2) is 25.6 Å². The zero-order chi connectivity index (χ0) is 20.9. The summed E-state index contributed by atoms with van der Waals surface area (Å²) in [5.74, 6) is 0.0654. The van der Waals surface area contributed by atoms with Crippen LogP contribution in [0.15, 0.2) is 54.6 Å². The monoisotopic (exact) mass is 421 g/mol. The number of thiophene rings is 1. The van der Waals surface area contributed by atoms with Crippen LogP contribution >= 0.6 is 11.3 Å². The molecule has 0 bridgehead atoms. The molecule has 2 aromatic carbocycles. The van der Waals surface area contributed by atoms with Gasteiger partial charge in [0.25, 0.3) is 5.91 Å². The summed E-state index contributed by atoms with van der Waals surface area (Å²) in [4.78, 5) is 26.1. The topological polar surface area (TPSA) is 64.6 Å². The van der Waals surface area contributed by atoms with Gasteiger partial charge < -0.3 is 14.8 Å². The van der Waals surface area contributed by atoms with Gasteiger partial charge in [0.05, 0.1) is 19.3 Å². The second-order valence-corrected chi connectivity index (χ2v) is 8.22. The molecule has 154 valence electrons. The highest BCUT2D eigenvalue weighted by Crippen LogP contribution is 2.39. The summed E-state index contributed by atoms with van der Waals surface area (Å²) in [6.45, 7) is 0.568. The highest BCUT2D eigenvalue weighted by atomic mass is 32.1. The summed E-state index contributed by atoms with van der Waals surface area (Å²) in [7, 11) is 1.36. The first-order valence-corrected chi connectivity index (χ1v) is 10.8. The van der Waals surface area contributed by atoms with E-state index in [9.17, 15) is 9.59 Å². The molecular weight excluding hydrogens is 398 g/mol. The van der Waals surface area contributed by atoms with E-state index in [1.165, 1.54) is 24.0 Å². The van der Waals surface area contributed by atoms with Crippen LogP contribution in [-0.2, 0) is 24.0 Å². The molecule has 0 atom stereocenters. The van der Waals surface area contributed by atoms with Crippen LogP contribution < -0.4 is 10.1 Å². The third-order valence-electron chi connectivity index (χ3n) is 5.16. The summed E-state index contributed by atoms with van der Waals surface area (Å²) in [6.07, 6.45) is 3.64. The number of esters is 1. The van der Waals surface area contributed by atoms with Crippen molar-refractivity contribution < 1.29 is 19.1 Å². The lowest BCUT2D eigenvalue weighted by Gasteiger charge is -2.09. The van der Waals surface area contributed by atoms with Gasteiger partial charge in [-0.15, -0.1) is 11.3 Å². The minimum atomic E-state index is -0.396. The fourth-order valence-electron chi connectivity index (χ4n) is 3.62. The highest BCUT2D eigenvalue weighted by Gasteiger charge is 2.28. The van der Waals surface area contributed by atoms with Gasteiger partial charge in [0, 0.05) is 16.9 Å². The smallest absolute Gasteiger partial charge is 0.341 e. The molecular formula is C24H23NO4S. The number of hydrogen-bond acceptors (Lipinski definition) is 5. The number of methoxy groups -OCH3 is 1. The van der Waals surface area contributed by atoms with Crippen LogP contribution in [0.25, 0.3) is 0 Å². The second kappa shape index (κ2) is 9.13. The molecule has 1 aromatic heterocycles. The average Bonchev–Trinajstić information content (AvgIpc) is 3.35. The van der Waals surface area contributed by atoms with E-state index in [-0.39, 0.29) is 5.91 Å². The molecule has 1 N–H and O–H groups in total. The lowest BCUT2D eigenvalue weighted by molar-refractivity contribution is 0.0601. The molecule has 0 radical (unpaired) electrons. The van der Waals surface area contributed by atoms with Crippen molar-refractivity contribution in [1.82, 2.24) is 0 Å². The first-order chi connectivity index (χ1) is 14.7. The zero-order valence-corrected chi connectivity index (χ0v) is 17.6. The fraction of sp³-hybridized carbons (Fsp3) is 0.250. The van der Waals surface area contributed by atoms with Crippen LogP contribution in [0.4, 0.5) is 5.00 Å². The number of anilines is 1. The standard InChI is InChI=1S/C24H23NO4S/c1-28-24(27)21-19-8-5-9-20(19)30-23(21)25-22(26)17-10-12-18(13-11-17)29-15-14-16-6-3-2-4-7-16/h2-4,6-7,10-13H,5,8-9,14-15H2,1H3,(H,25,26). The normalized spacial score (nSPS) is 12.3. The third kappa shape index (κ3) is 4.39. The summed E-state index contributed by atoms with van der Waals surface area (Å²) in [5.41, 5.74) is 3.25. The van der Waals surface area contributed by atoms with Gasteiger partial charge in [-0.3, -0.25) is 4.79 Å². The number of hydrogen-bond donors (Lipinski definition) is 1. The Kier molecular flexibility index (Phi) is 6.14. The van der Waals surface area contributed by atoms with Crippen molar-refractivity contribution in [3.8, 4) is 5.75 Å². The van der Waals surface area contributed by atoms with Gasteiger partial charge in [0.1, 0.15) is 10.8 Å². The number of fused-ring (bicyclic) bond motifs is 1. The van der Waals surface area contributed by atoms with E-state index in [0.717, 1.165) is 36.1 Å². The molecule has 0 saturated heterocycles. The lowest BCUT2D eigenvalue weighted by Crippen LogP contribution is -2.14. The maximum atomic E-state index is 12.7. The van der Waals surface area contributed by atoms with Crippen LogP contribution in [0.5, 0.6) is 5.75 Å². The number of amides is 1. The Bertz CT molecular complexity index is 1040. The number of carbonyl (C=O) groups is 2. The first-order valence-electron chi connectivity index (χ1n) is 9.96. The molecule has 0 fully saturated rings. The van der Waals surface area contributed by atoms with E-state index in [1.54, 1.807) is 24.3 Å². The van der Waals surface area contributed by atoms with Crippen LogP contribution in [0.2, 0.25) is 0 Å². The Labute approximate surface area is 179 Å². The van der Waals surface area contributed by atoms with Crippen molar-refractivity contribution in [2.45, 2.75) is 25.7 Å². The maximum Gasteiger partial charge on any atom is 0.341 e. The van der Waals surface area contributed by atoms with Crippen molar-refractivity contribution in [2.24, 2.45) is 0 Å². The van der Waals surface area contributed by atoms with Crippen molar-refractivity contribution in [2.75, 3.05) is 19.0 Å².